The molecule has 0 spiro atoms. The van der Waals surface area contributed by atoms with E-state index >= 15 is 0 Å². The van der Waals surface area contributed by atoms with E-state index in [9.17, 15) is 0 Å². The van der Waals surface area contributed by atoms with Gasteiger partial charge in [-0.05, 0) is 37.6 Å². The van der Waals surface area contributed by atoms with Crippen LogP contribution in [0.15, 0.2) is 24.5 Å². The Balaban J connectivity index is 1.75. The molecule has 4 heterocycles. The number of nitrogens with zero attached hydrogens (tertiary/aromatic N) is 4. The maximum Gasteiger partial charge on any atom is 0.231 e. The van der Waals surface area contributed by atoms with E-state index in [1.54, 1.807) is 22.2 Å². The van der Waals surface area contributed by atoms with E-state index < -0.39 is 0 Å². The van der Waals surface area contributed by atoms with Crippen LogP contribution in [-0.2, 0) is 0 Å². The van der Waals surface area contributed by atoms with Gasteiger partial charge in [-0.25, -0.2) is 14.5 Å². The average molecular weight is 324 g/mol. The highest BCUT2D eigenvalue weighted by Gasteiger charge is 2.18. The molecule has 3 aromatic heterocycles. The lowest BCUT2D eigenvalue weighted by Gasteiger charge is -1.97. The van der Waals surface area contributed by atoms with Crippen molar-refractivity contribution >= 4 is 27.2 Å². The molecular formula is C16H12N4O2S. The van der Waals surface area contributed by atoms with Crippen LogP contribution in [0.5, 0.6) is 11.5 Å². The first-order valence-corrected chi connectivity index (χ1v) is 8.03. The lowest BCUT2D eigenvalue weighted by Crippen LogP contribution is -1.92. The first kappa shape index (κ1) is 12.8. The van der Waals surface area contributed by atoms with Crippen molar-refractivity contribution < 1.29 is 9.47 Å². The number of aromatic nitrogens is 4. The highest BCUT2D eigenvalue weighted by molar-refractivity contribution is 7.18. The Labute approximate surface area is 135 Å². The van der Waals surface area contributed by atoms with Crippen LogP contribution < -0.4 is 9.47 Å². The molecule has 0 N–H and O–H groups in total. The van der Waals surface area contributed by atoms with Gasteiger partial charge in [-0.15, -0.1) is 16.4 Å². The molecule has 1 aromatic carbocycles. The lowest BCUT2D eigenvalue weighted by molar-refractivity contribution is 0.174. The van der Waals surface area contributed by atoms with Crippen molar-refractivity contribution in [3.63, 3.8) is 0 Å². The van der Waals surface area contributed by atoms with Crippen LogP contribution in [0.4, 0.5) is 0 Å². The van der Waals surface area contributed by atoms with Gasteiger partial charge < -0.3 is 9.47 Å². The fourth-order valence-electron chi connectivity index (χ4n) is 2.80. The largest absolute Gasteiger partial charge is 0.454 e. The molecule has 0 atom stereocenters. The number of hydrogen-bond donors (Lipinski definition) is 0. The molecule has 0 saturated heterocycles. The SMILES string of the molecule is Cc1sc2ncn3nc(-c4ccc5c(c4)OCO5)nc3c2c1C. The van der Waals surface area contributed by atoms with Crippen LogP contribution in [-0.4, -0.2) is 26.4 Å². The molecule has 0 unspecified atom stereocenters. The second-order valence-corrected chi connectivity index (χ2v) is 6.68. The van der Waals surface area contributed by atoms with E-state index in [-0.39, 0.29) is 6.79 Å². The molecule has 5 rings (SSSR count). The Morgan fingerprint density at radius 3 is 2.96 bits per heavy atom. The highest BCUT2D eigenvalue weighted by Crippen LogP contribution is 2.36. The molecular weight excluding hydrogens is 312 g/mol. The normalized spacial score (nSPS) is 13.3. The van der Waals surface area contributed by atoms with E-state index in [2.05, 4.69) is 23.9 Å². The Kier molecular flexibility index (Phi) is 2.47. The zero-order valence-corrected chi connectivity index (χ0v) is 13.3. The summed E-state index contributed by atoms with van der Waals surface area (Å²) < 4.78 is 12.5. The summed E-state index contributed by atoms with van der Waals surface area (Å²) in [5.41, 5.74) is 2.95. The summed E-state index contributed by atoms with van der Waals surface area (Å²) in [7, 11) is 0. The first-order valence-electron chi connectivity index (χ1n) is 7.22. The number of fused-ring (bicyclic) bond motifs is 4. The smallest absolute Gasteiger partial charge is 0.231 e. The molecule has 6 nitrogen and oxygen atoms in total. The minimum absolute atomic E-state index is 0.259. The first-order chi connectivity index (χ1) is 11.2. The molecule has 23 heavy (non-hydrogen) atoms. The number of rotatable bonds is 1. The molecule has 0 saturated carbocycles. The second kappa shape index (κ2) is 4.42. The Hall–Kier alpha value is -2.67. The van der Waals surface area contributed by atoms with E-state index in [0.717, 1.165) is 32.9 Å². The van der Waals surface area contributed by atoms with E-state index in [1.165, 1.54) is 10.4 Å². The van der Waals surface area contributed by atoms with Gasteiger partial charge in [0.2, 0.25) is 6.79 Å². The van der Waals surface area contributed by atoms with E-state index in [4.69, 9.17) is 14.5 Å². The summed E-state index contributed by atoms with van der Waals surface area (Å²) in [6.45, 7) is 4.47. The van der Waals surface area contributed by atoms with Gasteiger partial charge in [0.1, 0.15) is 11.2 Å². The van der Waals surface area contributed by atoms with Gasteiger partial charge in [0.15, 0.2) is 23.0 Å². The molecule has 0 radical (unpaired) electrons. The van der Waals surface area contributed by atoms with Gasteiger partial charge in [-0.3, -0.25) is 0 Å². The van der Waals surface area contributed by atoms with Crippen molar-refractivity contribution in [1.82, 2.24) is 19.6 Å². The molecule has 7 heteroatoms. The fraction of sp³-hybridized carbons (Fsp3) is 0.188. The maximum absolute atomic E-state index is 5.43. The third-order valence-electron chi connectivity index (χ3n) is 4.14. The number of ether oxygens (including phenoxy) is 2. The quantitative estimate of drug-likeness (QED) is 0.537. The van der Waals surface area contributed by atoms with Crippen LogP contribution >= 0.6 is 11.3 Å². The number of aryl methyl sites for hydroxylation is 2. The number of thiophene rings is 1. The third-order valence-corrected chi connectivity index (χ3v) is 5.25. The standard InChI is InChI=1S/C16H12N4O2S/c1-8-9(2)23-16-13(8)15-18-14(19-20(15)6-17-16)10-3-4-11-12(5-10)22-7-21-11/h3-6H,7H2,1-2H3. The predicted octanol–water partition coefficient (Wildman–Crippen LogP) is 3.35. The minimum atomic E-state index is 0.259. The van der Waals surface area contributed by atoms with Crippen molar-refractivity contribution in [2.75, 3.05) is 6.79 Å². The minimum Gasteiger partial charge on any atom is -0.454 e. The molecule has 0 aliphatic carbocycles. The van der Waals surface area contributed by atoms with Gasteiger partial charge in [0, 0.05) is 10.4 Å². The molecule has 0 amide bonds. The lowest BCUT2D eigenvalue weighted by atomic mass is 10.2. The zero-order valence-electron chi connectivity index (χ0n) is 12.5. The summed E-state index contributed by atoms with van der Waals surface area (Å²) >= 11 is 1.69. The number of benzene rings is 1. The summed E-state index contributed by atoms with van der Waals surface area (Å²) in [5, 5.41) is 5.64. The average Bonchev–Trinajstić information content (AvgIpc) is 3.24. The predicted molar refractivity (Wildman–Crippen MR) is 87.2 cm³/mol. The van der Waals surface area contributed by atoms with Crippen molar-refractivity contribution in [2.45, 2.75) is 13.8 Å². The van der Waals surface area contributed by atoms with Crippen molar-refractivity contribution in [1.29, 1.82) is 0 Å². The van der Waals surface area contributed by atoms with Crippen LogP contribution in [0.1, 0.15) is 10.4 Å². The Bertz CT molecular complexity index is 1080. The van der Waals surface area contributed by atoms with Crippen molar-refractivity contribution in [3.05, 3.63) is 35.0 Å². The summed E-state index contributed by atoms with van der Waals surface area (Å²) in [4.78, 5) is 11.5. The molecule has 1 aliphatic rings. The monoisotopic (exact) mass is 324 g/mol. The van der Waals surface area contributed by atoms with Gasteiger partial charge >= 0.3 is 0 Å². The van der Waals surface area contributed by atoms with Crippen molar-refractivity contribution in [3.8, 4) is 22.9 Å². The summed E-state index contributed by atoms with van der Waals surface area (Å²) in [6, 6.07) is 5.74. The van der Waals surface area contributed by atoms with Gasteiger partial charge in [0.25, 0.3) is 0 Å². The summed E-state index contributed by atoms with van der Waals surface area (Å²) in [5.74, 6) is 2.14. The van der Waals surface area contributed by atoms with E-state index in [0.29, 0.717) is 5.82 Å². The number of hydrogen-bond acceptors (Lipinski definition) is 6. The van der Waals surface area contributed by atoms with Crippen LogP contribution in [0.25, 0.3) is 27.3 Å². The zero-order chi connectivity index (χ0) is 15.6. The Morgan fingerprint density at radius 2 is 2.04 bits per heavy atom. The highest BCUT2D eigenvalue weighted by atomic mass is 32.1. The Morgan fingerprint density at radius 1 is 1.17 bits per heavy atom. The van der Waals surface area contributed by atoms with Crippen molar-refractivity contribution in [2.24, 2.45) is 0 Å². The topological polar surface area (TPSA) is 61.5 Å². The molecule has 0 fully saturated rings. The van der Waals surface area contributed by atoms with Gasteiger partial charge in [0.05, 0.1) is 5.39 Å². The summed E-state index contributed by atoms with van der Waals surface area (Å²) in [6.07, 6.45) is 1.72. The van der Waals surface area contributed by atoms with Crippen LogP contribution in [0, 0.1) is 13.8 Å². The molecule has 4 aromatic rings. The van der Waals surface area contributed by atoms with Gasteiger partial charge in [-0.2, -0.15) is 0 Å². The molecule has 114 valence electrons. The van der Waals surface area contributed by atoms with Crippen LogP contribution in [0.2, 0.25) is 0 Å². The molecule has 1 aliphatic heterocycles. The van der Waals surface area contributed by atoms with E-state index in [1.807, 2.05) is 18.2 Å². The third kappa shape index (κ3) is 1.77. The van der Waals surface area contributed by atoms with Crippen LogP contribution in [0.3, 0.4) is 0 Å². The second-order valence-electron chi connectivity index (χ2n) is 5.48. The maximum atomic E-state index is 5.43. The fourth-order valence-corrected chi connectivity index (χ4v) is 3.79. The van der Waals surface area contributed by atoms with Gasteiger partial charge in [-0.1, -0.05) is 0 Å². The molecule has 0 bridgehead atoms.